The van der Waals surface area contributed by atoms with Crippen LogP contribution in [0.15, 0.2) is 0 Å². The van der Waals surface area contributed by atoms with Crippen molar-refractivity contribution in [3.63, 3.8) is 0 Å². The maximum absolute atomic E-state index is 12.5. The molecule has 0 aromatic carbocycles. The van der Waals surface area contributed by atoms with Gasteiger partial charge in [0.05, 0.1) is 46.2 Å². The van der Waals surface area contributed by atoms with E-state index in [0.29, 0.717) is 78.7 Å². The lowest BCUT2D eigenvalue weighted by Gasteiger charge is -2.30. The van der Waals surface area contributed by atoms with E-state index in [9.17, 15) is 4.79 Å². The molecule has 0 heterocycles. The first-order valence-electron chi connectivity index (χ1n) is 9.68. The Balaban J connectivity index is 4.75. The van der Waals surface area contributed by atoms with Crippen LogP contribution in [-0.4, -0.2) is 103 Å². The standard InChI is InChI=1S/C18H38N4O6/c1-4-28-17(23)16(6-5-7-21-18(19)20)22(8-10-26-14-12-24-2)9-11-27-15-13-25-3/h16H,4-15H2,1-3H3,(H4,19,20,21)/t16-/m0/s1. The summed E-state index contributed by atoms with van der Waals surface area (Å²) >= 11 is 0. The minimum Gasteiger partial charge on any atom is -0.465 e. The van der Waals surface area contributed by atoms with E-state index in [4.69, 9.17) is 34.8 Å². The fourth-order valence-electron chi connectivity index (χ4n) is 2.48. The van der Waals surface area contributed by atoms with Crippen molar-refractivity contribution in [1.82, 2.24) is 10.2 Å². The van der Waals surface area contributed by atoms with E-state index in [0.717, 1.165) is 0 Å². The number of rotatable bonds is 19. The Labute approximate surface area is 168 Å². The zero-order valence-electron chi connectivity index (χ0n) is 17.5. The van der Waals surface area contributed by atoms with Crippen LogP contribution in [0.4, 0.5) is 0 Å². The predicted molar refractivity (Wildman–Crippen MR) is 107 cm³/mol. The first kappa shape index (κ1) is 26.5. The number of esters is 1. The van der Waals surface area contributed by atoms with Gasteiger partial charge in [0.1, 0.15) is 6.04 Å². The number of methoxy groups -OCH3 is 2. The number of hydrogen-bond acceptors (Lipinski definition) is 8. The van der Waals surface area contributed by atoms with Crippen molar-refractivity contribution in [3.05, 3.63) is 0 Å². The smallest absolute Gasteiger partial charge is 0.323 e. The van der Waals surface area contributed by atoms with Crippen LogP contribution in [0, 0.1) is 5.41 Å². The van der Waals surface area contributed by atoms with Crippen molar-refractivity contribution in [2.24, 2.45) is 5.73 Å². The lowest BCUT2D eigenvalue weighted by atomic mass is 10.1. The Morgan fingerprint density at radius 3 is 2.07 bits per heavy atom. The molecule has 0 fully saturated rings. The van der Waals surface area contributed by atoms with Crippen LogP contribution in [0.3, 0.4) is 0 Å². The maximum Gasteiger partial charge on any atom is 0.323 e. The first-order valence-corrected chi connectivity index (χ1v) is 9.68. The van der Waals surface area contributed by atoms with Crippen molar-refractivity contribution in [3.8, 4) is 0 Å². The Bertz CT molecular complexity index is 386. The molecule has 1 atom stereocenters. The zero-order valence-corrected chi connectivity index (χ0v) is 17.5. The predicted octanol–water partition coefficient (Wildman–Crippen LogP) is -0.191. The Morgan fingerprint density at radius 1 is 1.04 bits per heavy atom. The highest BCUT2D eigenvalue weighted by molar-refractivity contribution is 5.76. The molecule has 0 saturated heterocycles. The quantitative estimate of drug-likeness (QED) is 0.116. The number of guanidine groups is 1. The summed E-state index contributed by atoms with van der Waals surface area (Å²) in [6.07, 6.45) is 1.25. The number of ether oxygens (including phenoxy) is 5. The number of carbonyl (C=O) groups is 1. The van der Waals surface area contributed by atoms with Crippen LogP contribution >= 0.6 is 0 Å². The summed E-state index contributed by atoms with van der Waals surface area (Å²) in [7, 11) is 3.25. The molecule has 0 amide bonds. The minimum absolute atomic E-state index is 0.0809. The molecule has 10 heteroatoms. The highest BCUT2D eigenvalue weighted by Crippen LogP contribution is 2.10. The van der Waals surface area contributed by atoms with E-state index in [2.05, 4.69) is 5.32 Å². The van der Waals surface area contributed by atoms with Gasteiger partial charge in [-0.05, 0) is 19.8 Å². The molecule has 0 radical (unpaired) electrons. The summed E-state index contributed by atoms with van der Waals surface area (Å²) in [4.78, 5) is 14.5. The molecular formula is C18H38N4O6. The average molecular weight is 407 g/mol. The second-order valence-corrected chi connectivity index (χ2v) is 6.00. The molecule has 0 rings (SSSR count). The van der Waals surface area contributed by atoms with Gasteiger partial charge in [0.2, 0.25) is 0 Å². The molecule has 4 N–H and O–H groups in total. The van der Waals surface area contributed by atoms with Gasteiger partial charge >= 0.3 is 5.97 Å². The number of nitrogens with zero attached hydrogens (tertiary/aromatic N) is 1. The Kier molecular flexibility index (Phi) is 17.9. The molecule has 0 saturated carbocycles. The number of nitrogens with two attached hydrogens (primary N) is 1. The number of hydrogen-bond donors (Lipinski definition) is 3. The molecule has 0 aromatic heterocycles. The van der Waals surface area contributed by atoms with Crippen LogP contribution in [-0.2, 0) is 28.5 Å². The molecule has 166 valence electrons. The van der Waals surface area contributed by atoms with Gasteiger partial charge in [-0.15, -0.1) is 0 Å². The second kappa shape index (κ2) is 18.9. The van der Waals surface area contributed by atoms with Crippen molar-refractivity contribution < 1.29 is 28.5 Å². The van der Waals surface area contributed by atoms with E-state index >= 15 is 0 Å². The molecule has 0 bridgehead atoms. The largest absolute Gasteiger partial charge is 0.465 e. The molecule has 0 aliphatic carbocycles. The van der Waals surface area contributed by atoms with Crippen molar-refractivity contribution in [2.75, 3.05) is 80.1 Å². The van der Waals surface area contributed by atoms with Crippen LogP contribution in [0.25, 0.3) is 0 Å². The van der Waals surface area contributed by atoms with Crippen molar-refractivity contribution in [2.45, 2.75) is 25.8 Å². The zero-order chi connectivity index (χ0) is 21.0. The summed E-state index contributed by atoms with van der Waals surface area (Å²) in [6, 6.07) is -0.411. The van der Waals surface area contributed by atoms with Gasteiger partial charge in [0, 0.05) is 33.9 Å². The average Bonchev–Trinajstić information content (AvgIpc) is 2.66. The fraction of sp³-hybridized carbons (Fsp3) is 0.889. The molecule has 10 nitrogen and oxygen atoms in total. The molecular weight excluding hydrogens is 368 g/mol. The van der Waals surface area contributed by atoms with Gasteiger partial charge in [-0.3, -0.25) is 15.1 Å². The summed E-state index contributed by atoms with van der Waals surface area (Å²) in [5.41, 5.74) is 5.30. The lowest BCUT2D eigenvalue weighted by molar-refractivity contribution is -0.150. The first-order chi connectivity index (χ1) is 13.6. The van der Waals surface area contributed by atoms with Crippen LogP contribution < -0.4 is 11.1 Å². The Morgan fingerprint density at radius 2 is 1.61 bits per heavy atom. The maximum atomic E-state index is 12.5. The third kappa shape index (κ3) is 14.6. The third-order valence-electron chi connectivity index (χ3n) is 3.88. The summed E-state index contributed by atoms with van der Waals surface area (Å²) in [6.45, 7) is 6.78. The molecule has 28 heavy (non-hydrogen) atoms. The van der Waals surface area contributed by atoms with Crippen molar-refractivity contribution in [1.29, 1.82) is 5.41 Å². The van der Waals surface area contributed by atoms with E-state index in [1.54, 1.807) is 21.1 Å². The van der Waals surface area contributed by atoms with Gasteiger partial charge in [-0.25, -0.2) is 0 Å². The SMILES string of the molecule is CCOC(=O)[C@H](CCCNC(=N)N)N(CCOCCOC)CCOCCOC. The minimum atomic E-state index is -0.411. The summed E-state index contributed by atoms with van der Waals surface area (Å²) in [5, 5.41) is 9.98. The van der Waals surface area contributed by atoms with Gasteiger partial charge in [0.25, 0.3) is 0 Å². The van der Waals surface area contributed by atoms with Gasteiger partial charge < -0.3 is 34.7 Å². The molecule has 0 aliphatic rings. The lowest BCUT2D eigenvalue weighted by Crippen LogP contribution is -2.46. The number of carbonyl (C=O) groups excluding carboxylic acids is 1. The highest BCUT2D eigenvalue weighted by Gasteiger charge is 2.26. The van der Waals surface area contributed by atoms with Crippen LogP contribution in [0.5, 0.6) is 0 Å². The molecule has 0 aliphatic heterocycles. The normalized spacial score (nSPS) is 12.1. The van der Waals surface area contributed by atoms with Crippen molar-refractivity contribution >= 4 is 11.9 Å². The number of nitrogens with one attached hydrogen (secondary N) is 2. The van der Waals surface area contributed by atoms with E-state index in [1.165, 1.54) is 0 Å². The molecule has 0 unspecified atom stereocenters. The topological polar surface area (TPSA) is 128 Å². The van der Waals surface area contributed by atoms with Crippen LogP contribution in [0.1, 0.15) is 19.8 Å². The monoisotopic (exact) mass is 406 g/mol. The van der Waals surface area contributed by atoms with E-state index in [-0.39, 0.29) is 11.9 Å². The molecule has 0 spiro atoms. The highest BCUT2D eigenvalue weighted by atomic mass is 16.5. The van der Waals surface area contributed by atoms with Gasteiger partial charge in [-0.2, -0.15) is 0 Å². The summed E-state index contributed by atoms with van der Waals surface area (Å²) < 4.78 is 26.3. The van der Waals surface area contributed by atoms with E-state index in [1.807, 2.05) is 4.90 Å². The third-order valence-corrected chi connectivity index (χ3v) is 3.88. The Hall–Kier alpha value is -1.46. The fourth-order valence-corrected chi connectivity index (χ4v) is 2.48. The van der Waals surface area contributed by atoms with Crippen LogP contribution in [0.2, 0.25) is 0 Å². The van der Waals surface area contributed by atoms with Gasteiger partial charge in [0.15, 0.2) is 5.96 Å². The summed E-state index contributed by atoms with van der Waals surface area (Å²) in [5.74, 6) is -0.346. The van der Waals surface area contributed by atoms with E-state index < -0.39 is 6.04 Å². The molecule has 0 aromatic rings. The second-order valence-electron chi connectivity index (χ2n) is 6.00. The van der Waals surface area contributed by atoms with Gasteiger partial charge in [-0.1, -0.05) is 0 Å².